The normalized spacial score (nSPS) is 29.6. The van der Waals surface area contributed by atoms with Gasteiger partial charge in [-0.05, 0) is 31.6 Å². The van der Waals surface area contributed by atoms with Crippen molar-refractivity contribution in [2.24, 2.45) is 11.7 Å². The number of urea groups is 1. The van der Waals surface area contributed by atoms with Gasteiger partial charge in [-0.25, -0.2) is 4.79 Å². The van der Waals surface area contributed by atoms with Gasteiger partial charge >= 0.3 is 6.03 Å². The molecule has 0 atom stereocenters. The molecule has 0 aromatic carbocycles. The number of amides is 2. The van der Waals surface area contributed by atoms with Crippen molar-refractivity contribution in [2.75, 3.05) is 13.1 Å². The fraction of sp³-hybridized carbons (Fsp3) is 0.900. The highest BCUT2D eigenvalue weighted by Crippen LogP contribution is 2.42. The van der Waals surface area contributed by atoms with E-state index < -0.39 is 0 Å². The van der Waals surface area contributed by atoms with Crippen LogP contribution in [-0.4, -0.2) is 35.6 Å². The zero-order chi connectivity index (χ0) is 9.76. The molecular formula is C10H17N3O. The zero-order valence-corrected chi connectivity index (χ0v) is 8.33. The van der Waals surface area contributed by atoms with Crippen molar-refractivity contribution < 1.29 is 4.79 Å². The third-order valence-electron chi connectivity index (χ3n) is 3.55. The van der Waals surface area contributed by atoms with E-state index in [1.165, 1.54) is 12.8 Å². The predicted molar refractivity (Wildman–Crippen MR) is 52.8 cm³/mol. The number of hydrogen-bond acceptors (Lipinski definition) is 2. The summed E-state index contributed by atoms with van der Waals surface area (Å²) in [6, 6.07) is 0.547. The van der Waals surface area contributed by atoms with E-state index in [1.54, 1.807) is 0 Å². The molecule has 78 valence electrons. The van der Waals surface area contributed by atoms with E-state index >= 15 is 0 Å². The van der Waals surface area contributed by atoms with E-state index in [9.17, 15) is 4.79 Å². The topological polar surface area (TPSA) is 58.4 Å². The molecule has 2 amide bonds. The minimum absolute atomic E-state index is 0.0408. The van der Waals surface area contributed by atoms with Gasteiger partial charge in [0.2, 0.25) is 0 Å². The van der Waals surface area contributed by atoms with E-state index in [1.807, 2.05) is 4.90 Å². The quantitative estimate of drug-likeness (QED) is 0.665. The van der Waals surface area contributed by atoms with Crippen LogP contribution in [0.15, 0.2) is 0 Å². The largest absolute Gasteiger partial charge is 0.335 e. The summed E-state index contributed by atoms with van der Waals surface area (Å²) in [5.41, 5.74) is 6.12. The lowest BCUT2D eigenvalue weighted by Gasteiger charge is -2.48. The number of rotatable bonds is 2. The lowest BCUT2D eigenvalue weighted by atomic mass is 9.86. The number of nitrogens with zero attached hydrogens (tertiary/aromatic N) is 1. The van der Waals surface area contributed by atoms with E-state index in [2.05, 4.69) is 5.32 Å². The second-order valence-corrected chi connectivity index (χ2v) is 5.09. The SMILES string of the molecule is NC1(C2CC2)CN(C(=O)NC2CC2)C1. The maximum Gasteiger partial charge on any atom is 0.317 e. The van der Waals surface area contributed by atoms with Crippen LogP contribution in [0.25, 0.3) is 0 Å². The Morgan fingerprint density at radius 1 is 1.29 bits per heavy atom. The van der Waals surface area contributed by atoms with Gasteiger partial charge in [-0.3, -0.25) is 0 Å². The third kappa shape index (κ3) is 1.38. The van der Waals surface area contributed by atoms with E-state index in [0.29, 0.717) is 12.0 Å². The van der Waals surface area contributed by atoms with Crippen LogP contribution in [0.4, 0.5) is 4.79 Å². The van der Waals surface area contributed by atoms with Gasteiger partial charge in [0, 0.05) is 19.1 Å². The minimum atomic E-state index is -0.0408. The van der Waals surface area contributed by atoms with Crippen LogP contribution in [0, 0.1) is 5.92 Å². The molecule has 0 bridgehead atoms. The summed E-state index contributed by atoms with van der Waals surface area (Å²) in [7, 11) is 0. The van der Waals surface area contributed by atoms with E-state index in [-0.39, 0.29) is 11.6 Å². The standard InChI is InChI=1S/C10H17N3O/c11-10(7-1-2-7)5-13(6-10)9(14)12-8-3-4-8/h7-8H,1-6,11H2,(H,12,14). The number of nitrogens with one attached hydrogen (secondary N) is 1. The summed E-state index contributed by atoms with van der Waals surface area (Å²) in [5.74, 6) is 0.687. The molecule has 14 heavy (non-hydrogen) atoms. The first kappa shape index (κ1) is 8.53. The zero-order valence-electron chi connectivity index (χ0n) is 8.33. The van der Waals surface area contributed by atoms with Crippen LogP contribution in [0.5, 0.6) is 0 Å². The Hall–Kier alpha value is -0.770. The molecule has 2 saturated carbocycles. The van der Waals surface area contributed by atoms with Crippen LogP contribution in [0.3, 0.4) is 0 Å². The molecule has 4 nitrogen and oxygen atoms in total. The van der Waals surface area contributed by atoms with Gasteiger partial charge in [-0.2, -0.15) is 0 Å². The van der Waals surface area contributed by atoms with Crippen molar-refractivity contribution >= 4 is 6.03 Å². The van der Waals surface area contributed by atoms with Crippen LogP contribution in [0.1, 0.15) is 25.7 Å². The Morgan fingerprint density at radius 2 is 1.93 bits per heavy atom. The number of likely N-dealkylation sites (tertiary alicyclic amines) is 1. The van der Waals surface area contributed by atoms with Crippen molar-refractivity contribution in [3.63, 3.8) is 0 Å². The fourth-order valence-electron chi connectivity index (χ4n) is 2.22. The molecule has 4 heteroatoms. The van der Waals surface area contributed by atoms with E-state index in [4.69, 9.17) is 5.73 Å². The van der Waals surface area contributed by atoms with Crippen LogP contribution in [-0.2, 0) is 0 Å². The van der Waals surface area contributed by atoms with Gasteiger partial charge < -0.3 is 16.0 Å². The highest BCUT2D eigenvalue weighted by molar-refractivity contribution is 5.76. The molecule has 0 aromatic rings. The summed E-state index contributed by atoms with van der Waals surface area (Å²) in [5, 5.41) is 2.98. The molecule has 1 heterocycles. The Balaban J connectivity index is 1.49. The Labute approximate surface area is 83.8 Å². The van der Waals surface area contributed by atoms with Gasteiger partial charge in [0.15, 0.2) is 0 Å². The Morgan fingerprint density at radius 3 is 2.43 bits per heavy atom. The predicted octanol–water partition coefficient (Wildman–Crippen LogP) is 0.281. The van der Waals surface area contributed by atoms with Crippen molar-refractivity contribution in [1.82, 2.24) is 10.2 Å². The summed E-state index contributed by atoms with van der Waals surface area (Å²) >= 11 is 0. The summed E-state index contributed by atoms with van der Waals surface area (Å²) in [6.07, 6.45) is 4.81. The molecule has 0 aromatic heterocycles. The molecule has 0 spiro atoms. The molecule has 1 saturated heterocycles. The van der Waals surface area contributed by atoms with Crippen LogP contribution in [0.2, 0.25) is 0 Å². The average molecular weight is 195 g/mol. The van der Waals surface area contributed by atoms with Crippen molar-refractivity contribution in [1.29, 1.82) is 0 Å². The average Bonchev–Trinajstić information content (AvgIpc) is 2.89. The molecule has 3 fully saturated rings. The first-order chi connectivity index (χ1) is 6.67. The molecule has 3 aliphatic rings. The highest BCUT2D eigenvalue weighted by Gasteiger charge is 2.51. The van der Waals surface area contributed by atoms with Crippen molar-refractivity contribution in [3.05, 3.63) is 0 Å². The number of nitrogens with two attached hydrogens (primary N) is 1. The highest BCUT2D eigenvalue weighted by atomic mass is 16.2. The summed E-state index contributed by atoms with van der Waals surface area (Å²) in [6.45, 7) is 1.52. The van der Waals surface area contributed by atoms with Gasteiger partial charge in [0.05, 0.1) is 5.54 Å². The Bertz CT molecular complexity index is 265. The first-order valence-corrected chi connectivity index (χ1v) is 5.52. The Kier molecular flexibility index (Phi) is 1.60. The fourth-order valence-corrected chi connectivity index (χ4v) is 2.22. The monoisotopic (exact) mass is 195 g/mol. The number of carbonyl (C=O) groups excluding carboxylic acids is 1. The summed E-state index contributed by atoms with van der Waals surface area (Å²) in [4.78, 5) is 13.4. The van der Waals surface area contributed by atoms with Gasteiger partial charge in [-0.1, -0.05) is 0 Å². The number of hydrogen-bond donors (Lipinski definition) is 2. The minimum Gasteiger partial charge on any atom is -0.335 e. The number of carbonyl (C=O) groups is 1. The molecule has 0 unspecified atom stereocenters. The lowest BCUT2D eigenvalue weighted by Crippen LogP contribution is -2.71. The van der Waals surface area contributed by atoms with Gasteiger partial charge in [0.25, 0.3) is 0 Å². The lowest BCUT2D eigenvalue weighted by molar-refractivity contribution is 0.0816. The first-order valence-electron chi connectivity index (χ1n) is 5.52. The van der Waals surface area contributed by atoms with Crippen LogP contribution < -0.4 is 11.1 Å². The summed E-state index contributed by atoms with van der Waals surface area (Å²) < 4.78 is 0. The third-order valence-corrected chi connectivity index (χ3v) is 3.55. The maximum atomic E-state index is 11.6. The molecule has 0 radical (unpaired) electrons. The van der Waals surface area contributed by atoms with Gasteiger partial charge in [0.1, 0.15) is 0 Å². The van der Waals surface area contributed by atoms with E-state index in [0.717, 1.165) is 25.9 Å². The molecule has 3 N–H and O–H groups in total. The molecule has 2 aliphatic carbocycles. The van der Waals surface area contributed by atoms with Crippen LogP contribution >= 0.6 is 0 Å². The molecule has 1 aliphatic heterocycles. The second kappa shape index (κ2) is 2.63. The molecular weight excluding hydrogens is 178 g/mol. The second-order valence-electron chi connectivity index (χ2n) is 5.09. The van der Waals surface area contributed by atoms with Gasteiger partial charge in [-0.15, -0.1) is 0 Å². The maximum absolute atomic E-state index is 11.6. The van der Waals surface area contributed by atoms with Crippen molar-refractivity contribution in [2.45, 2.75) is 37.3 Å². The van der Waals surface area contributed by atoms with Crippen molar-refractivity contribution in [3.8, 4) is 0 Å². The molecule has 3 rings (SSSR count). The smallest absolute Gasteiger partial charge is 0.317 e.